The molecule has 24 heavy (non-hydrogen) atoms. The number of para-hydroxylation sites is 1. The number of rotatable bonds is 3. The lowest BCUT2D eigenvalue weighted by atomic mass is 10.2. The molecule has 3 rings (SSSR count). The first-order chi connectivity index (χ1) is 11.4. The van der Waals surface area contributed by atoms with Gasteiger partial charge in [0, 0.05) is 16.6 Å². The Kier molecular flexibility index (Phi) is 4.56. The molecule has 0 saturated heterocycles. The second-order valence-corrected chi connectivity index (χ2v) is 8.52. The number of nitrogens with one attached hydrogen (secondary N) is 2. The summed E-state index contributed by atoms with van der Waals surface area (Å²) in [4.78, 5) is 13.0. The van der Waals surface area contributed by atoms with E-state index in [1.165, 1.54) is 6.07 Å². The molecule has 0 unspecified atom stereocenters. The second kappa shape index (κ2) is 6.49. The molecule has 2 N–H and O–H groups in total. The van der Waals surface area contributed by atoms with E-state index in [4.69, 9.17) is 0 Å². The Morgan fingerprint density at radius 2 is 1.96 bits per heavy atom. The van der Waals surface area contributed by atoms with Gasteiger partial charge in [-0.1, -0.05) is 25.1 Å². The summed E-state index contributed by atoms with van der Waals surface area (Å²) in [7, 11) is -3.72. The highest BCUT2D eigenvalue weighted by molar-refractivity contribution is 7.99. The van der Waals surface area contributed by atoms with E-state index in [1.54, 1.807) is 36.0 Å². The highest BCUT2D eigenvalue weighted by Crippen LogP contribution is 2.34. The summed E-state index contributed by atoms with van der Waals surface area (Å²) < 4.78 is 27.9. The Labute approximate surface area is 145 Å². The smallest absolute Gasteiger partial charge is 0.261 e. The lowest BCUT2D eigenvalue weighted by Crippen LogP contribution is -2.20. The number of hydrogen-bond donors (Lipinski definition) is 2. The lowest BCUT2D eigenvalue weighted by molar-refractivity contribution is -0.118. The number of fused-ring (bicyclic) bond motifs is 1. The molecule has 5 nitrogen and oxygen atoms in total. The standard InChI is InChI=1S/C17H18N2O3S2/c1-11-5-3-4-6-14(11)19-24(21,22)13-7-8-16-15(9-13)18-17(20)12(2)10-23-16/h3-9,12,19H,10H2,1-2H3,(H,18,20)/t12-/m0/s1. The fourth-order valence-corrected chi connectivity index (χ4v) is 4.50. The second-order valence-electron chi connectivity index (χ2n) is 5.78. The summed E-state index contributed by atoms with van der Waals surface area (Å²) in [5, 5.41) is 2.81. The van der Waals surface area contributed by atoms with Crippen molar-refractivity contribution in [3.05, 3.63) is 48.0 Å². The molecule has 0 spiro atoms. The van der Waals surface area contributed by atoms with Crippen molar-refractivity contribution in [3.63, 3.8) is 0 Å². The van der Waals surface area contributed by atoms with Gasteiger partial charge in [-0.15, -0.1) is 11.8 Å². The zero-order valence-electron chi connectivity index (χ0n) is 13.4. The molecular weight excluding hydrogens is 344 g/mol. The topological polar surface area (TPSA) is 75.3 Å². The molecule has 0 radical (unpaired) electrons. The summed E-state index contributed by atoms with van der Waals surface area (Å²) in [6.45, 7) is 3.69. The van der Waals surface area contributed by atoms with Crippen molar-refractivity contribution >= 4 is 39.1 Å². The average Bonchev–Trinajstić information content (AvgIpc) is 2.68. The molecule has 0 aromatic heterocycles. The minimum atomic E-state index is -3.72. The van der Waals surface area contributed by atoms with Gasteiger partial charge in [-0.05, 0) is 36.8 Å². The van der Waals surface area contributed by atoms with Crippen molar-refractivity contribution in [3.8, 4) is 0 Å². The molecule has 0 aliphatic carbocycles. The first kappa shape index (κ1) is 16.9. The van der Waals surface area contributed by atoms with Crippen LogP contribution in [0.2, 0.25) is 0 Å². The van der Waals surface area contributed by atoms with Gasteiger partial charge in [0.25, 0.3) is 10.0 Å². The molecule has 1 aliphatic heterocycles. The lowest BCUT2D eigenvalue weighted by Gasteiger charge is -2.13. The number of hydrogen-bond acceptors (Lipinski definition) is 4. The molecule has 0 bridgehead atoms. The maximum atomic E-state index is 12.6. The Morgan fingerprint density at radius 1 is 1.21 bits per heavy atom. The summed E-state index contributed by atoms with van der Waals surface area (Å²) in [6, 6.07) is 12.0. The van der Waals surface area contributed by atoms with Crippen LogP contribution in [0.4, 0.5) is 11.4 Å². The fraction of sp³-hybridized carbons (Fsp3) is 0.235. The third-order valence-electron chi connectivity index (χ3n) is 3.85. The van der Waals surface area contributed by atoms with Gasteiger partial charge in [-0.3, -0.25) is 9.52 Å². The number of amides is 1. The molecule has 2 aromatic carbocycles. The predicted molar refractivity (Wildman–Crippen MR) is 96.9 cm³/mol. The van der Waals surface area contributed by atoms with Gasteiger partial charge in [0.05, 0.1) is 16.3 Å². The van der Waals surface area contributed by atoms with Crippen LogP contribution in [0.15, 0.2) is 52.3 Å². The van der Waals surface area contributed by atoms with Crippen LogP contribution in [0.3, 0.4) is 0 Å². The van der Waals surface area contributed by atoms with Gasteiger partial charge in [-0.25, -0.2) is 8.42 Å². The zero-order chi connectivity index (χ0) is 17.3. The van der Waals surface area contributed by atoms with Gasteiger partial charge in [0.15, 0.2) is 0 Å². The monoisotopic (exact) mass is 362 g/mol. The summed E-state index contributed by atoms with van der Waals surface area (Å²) in [5.74, 6) is 0.460. The zero-order valence-corrected chi connectivity index (χ0v) is 15.0. The third-order valence-corrected chi connectivity index (χ3v) is 6.54. The third kappa shape index (κ3) is 3.42. The van der Waals surface area contributed by atoms with E-state index in [0.717, 1.165) is 10.5 Å². The van der Waals surface area contributed by atoms with Crippen LogP contribution >= 0.6 is 11.8 Å². The fourth-order valence-electron chi connectivity index (χ4n) is 2.34. The van der Waals surface area contributed by atoms with Crippen molar-refractivity contribution in [1.29, 1.82) is 0 Å². The summed E-state index contributed by atoms with van der Waals surface area (Å²) in [5.41, 5.74) is 1.93. The van der Waals surface area contributed by atoms with Crippen LogP contribution in [0, 0.1) is 12.8 Å². The van der Waals surface area contributed by atoms with Crippen molar-refractivity contribution in [2.75, 3.05) is 15.8 Å². The van der Waals surface area contributed by atoms with E-state index in [2.05, 4.69) is 10.0 Å². The summed E-state index contributed by atoms with van der Waals surface area (Å²) in [6.07, 6.45) is 0. The minimum Gasteiger partial charge on any atom is -0.325 e. The van der Waals surface area contributed by atoms with Crippen LogP contribution in [0.5, 0.6) is 0 Å². The minimum absolute atomic E-state index is 0.0948. The highest BCUT2D eigenvalue weighted by atomic mass is 32.2. The maximum absolute atomic E-state index is 12.6. The first-order valence-corrected chi connectivity index (χ1v) is 10.00. The number of sulfonamides is 1. The van der Waals surface area contributed by atoms with E-state index in [0.29, 0.717) is 17.1 Å². The predicted octanol–water partition coefficient (Wildman–Crippen LogP) is 3.48. The van der Waals surface area contributed by atoms with E-state index in [9.17, 15) is 13.2 Å². The molecule has 0 saturated carbocycles. The average molecular weight is 362 g/mol. The maximum Gasteiger partial charge on any atom is 0.261 e. The van der Waals surface area contributed by atoms with Crippen molar-refractivity contribution in [2.24, 2.45) is 5.92 Å². The molecule has 1 atom stereocenters. The Bertz CT molecular complexity index is 894. The van der Waals surface area contributed by atoms with Gasteiger partial charge < -0.3 is 5.32 Å². The van der Waals surface area contributed by atoms with E-state index >= 15 is 0 Å². The molecular formula is C17H18N2O3S2. The molecule has 0 fully saturated rings. The van der Waals surface area contributed by atoms with Crippen molar-refractivity contribution < 1.29 is 13.2 Å². The quantitative estimate of drug-likeness (QED) is 0.877. The molecule has 2 aromatic rings. The molecule has 1 amide bonds. The highest BCUT2D eigenvalue weighted by Gasteiger charge is 2.23. The normalized spacial score (nSPS) is 17.6. The van der Waals surface area contributed by atoms with Gasteiger partial charge in [0.2, 0.25) is 5.91 Å². The number of benzene rings is 2. The number of anilines is 2. The Hall–Kier alpha value is -1.99. The van der Waals surface area contributed by atoms with Gasteiger partial charge in [-0.2, -0.15) is 0 Å². The van der Waals surface area contributed by atoms with E-state index in [1.807, 2.05) is 26.0 Å². The SMILES string of the molecule is Cc1ccccc1NS(=O)(=O)c1ccc2c(c1)NC(=O)[C@@H](C)CS2. The van der Waals surface area contributed by atoms with Gasteiger partial charge in [0.1, 0.15) is 0 Å². The van der Waals surface area contributed by atoms with Crippen molar-refractivity contribution in [2.45, 2.75) is 23.6 Å². The number of thioether (sulfide) groups is 1. The molecule has 1 heterocycles. The number of carbonyl (C=O) groups is 1. The van der Waals surface area contributed by atoms with E-state index < -0.39 is 10.0 Å². The molecule has 126 valence electrons. The summed E-state index contributed by atoms with van der Waals surface area (Å²) >= 11 is 1.55. The van der Waals surface area contributed by atoms with Gasteiger partial charge >= 0.3 is 0 Å². The Balaban J connectivity index is 1.94. The van der Waals surface area contributed by atoms with Crippen LogP contribution in [0.1, 0.15) is 12.5 Å². The van der Waals surface area contributed by atoms with Crippen LogP contribution in [0.25, 0.3) is 0 Å². The first-order valence-electron chi connectivity index (χ1n) is 7.53. The number of aryl methyl sites for hydroxylation is 1. The van der Waals surface area contributed by atoms with Crippen molar-refractivity contribution in [1.82, 2.24) is 0 Å². The van der Waals surface area contributed by atoms with Crippen LogP contribution in [-0.2, 0) is 14.8 Å². The van der Waals surface area contributed by atoms with E-state index in [-0.39, 0.29) is 16.7 Å². The van der Waals surface area contributed by atoms with Crippen LogP contribution in [-0.4, -0.2) is 20.1 Å². The number of carbonyl (C=O) groups excluding carboxylic acids is 1. The van der Waals surface area contributed by atoms with Crippen LogP contribution < -0.4 is 10.0 Å². The Morgan fingerprint density at radius 3 is 2.71 bits per heavy atom. The molecule has 1 aliphatic rings. The molecule has 7 heteroatoms. The largest absolute Gasteiger partial charge is 0.325 e.